The smallest absolute Gasteiger partial charge is 0.231 e. The van der Waals surface area contributed by atoms with Gasteiger partial charge in [0.25, 0.3) is 0 Å². The Morgan fingerprint density at radius 2 is 1.91 bits per heavy atom. The monoisotopic (exact) mass is 328 g/mol. The van der Waals surface area contributed by atoms with Crippen LogP contribution in [0.3, 0.4) is 0 Å². The van der Waals surface area contributed by atoms with Gasteiger partial charge in [0, 0.05) is 11.6 Å². The zero-order valence-electron chi connectivity index (χ0n) is 12.8. The van der Waals surface area contributed by atoms with E-state index in [4.69, 9.17) is 11.6 Å². The van der Waals surface area contributed by atoms with Crippen LogP contribution in [-0.2, 0) is 16.0 Å². The number of hydrogen-bond acceptors (Lipinski definition) is 2. The number of carbonyl (C=O) groups is 2. The van der Waals surface area contributed by atoms with Crippen molar-refractivity contribution in [2.45, 2.75) is 13.3 Å². The minimum Gasteiger partial charge on any atom is -0.324 e. The Labute approximate surface area is 140 Å². The Bertz CT molecular complexity index is 743. The van der Waals surface area contributed by atoms with Gasteiger partial charge < -0.3 is 10.2 Å². The molecule has 0 aromatic heterocycles. The molecule has 0 saturated heterocycles. The van der Waals surface area contributed by atoms with Gasteiger partial charge in [-0.2, -0.15) is 0 Å². The zero-order chi connectivity index (χ0) is 16.4. The summed E-state index contributed by atoms with van der Waals surface area (Å²) in [6.45, 7) is 2.19. The second-order valence-electron chi connectivity index (χ2n) is 5.72. The molecule has 2 aromatic carbocycles. The van der Waals surface area contributed by atoms with Crippen LogP contribution < -0.4 is 10.2 Å². The normalized spacial score (nSPS) is 17.2. The number of anilines is 2. The number of nitrogens with zero attached hydrogens (tertiary/aromatic N) is 1. The van der Waals surface area contributed by atoms with Crippen molar-refractivity contribution in [3.63, 3.8) is 0 Å². The van der Waals surface area contributed by atoms with Crippen LogP contribution >= 0.6 is 11.6 Å². The van der Waals surface area contributed by atoms with Gasteiger partial charge in [-0.1, -0.05) is 42.8 Å². The van der Waals surface area contributed by atoms with Crippen molar-refractivity contribution in [2.75, 3.05) is 16.8 Å². The molecule has 118 valence electrons. The van der Waals surface area contributed by atoms with Crippen LogP contribution in [0.5, 0.6) is 0 Å². The molecule has 1 N–H and O–H groups in total. The molecule has 0 bridgehead atoms. The van der Waals surface area contributed by atoms with E-state index in [0.717, 1.165) is 11.3 Å². The fourth-order valence-corrected chi connectivity index (χ4v) is 2.76. The molecule has 5 heteroatoms. The first-order chi connectivity index (χ1) is 11.0. The number of benzene rings is 2. The van der Waals surface area contributed by atoms with Gasteiger partial charge in [0.05, 0.1) is 23.7 Å². The highest BCUT2D eigenvalue weighted by Gasteiger charge is 2.28. The fraction of sp³-hybridized carbons (Fsp3) is 0.222. The molecule has 2 amide bonds. The number of para-hydroxylation sites is 2. The molecule has 1 aliphatic heterocycles. The molecular formula is C18H17ClN2O2. The van der Waals surface area contributed by atoms with E-state index in [-0.39, 0.29) is 24.2 Å². The number of hydrogen-bond donors (Lipinski definition) is 1. The summed E-state index contributed by atoms with van der Waals surface area (Å²) in [6.07, 6.45) is 0.270. The van der Waals surface area contributed by atoms with E-state index in [9.17, 15) is 9.59 Å². The van der Waals surface area contributed by atoms with Gasteiger partial charge >= 0.3 is 0 Å². The molecule has 3 rings (SSSR count). The van der Waals surface area contributed by atoms with Crippen molar-refractivity contribution in [1.82, 2.24) is 0 Å². The first-order valence-corrected chi connectivity index (χ1v) is 7.87. The molecular weight excluding hydrogens is 312 g/mol. The largest absolute Gasteiger partial charge is 0.324 e. The lowest BCUT2D eigenvalue weighted by molar-refractivity contribution is -0.119. The van der Waals surface area contributed by atoms with Crippen LogP contribution in [0.1, 0.15) is 12.5 Å². The summed E-state index contributed by atoms with van der Waals surface area (Å²) >= 11 is 5.88. The van der Waals surface area contributed by atoms with Crippen LogP contribution in [0.4, 0.5) is 11.4 Å². The highest BCUT2D eigenvalue weighted by molar-refractivity contribution is 6.30. The van der Waals surface area contributed by atoms with Gasteiger partial charge in [-0.15, -0.1) is 0 Å². The third kappa shape index (κ3) is 3.37. The molecule has 1 unspecified atom stereocenters. The second-order valence-corrected chi connectivity index (χ2v) is 6.15. The van der Waals surface area contributed by atoms with Gasteiger partial charge in [0.15, 0.2) is 0 Å². The summed E-state index contributed by atoms with van der Waals surface area (Å²) in [5.41, 5.74) is 2.31. The number of amides is 2. The van der Waals surface area contributed by atoms with Crippen LogP contribution in [0.2, 0.25) is 5.02 Å². The molecule has 1 heterocycles. The van der Waals surface area contributed by atoms with Crippen molar-refractivity contribution in [2.24, 2.45) is 5.92 Å². The van der Waals surface area contributed by atoms with E-state index < -0.39 is 0 Å². The predicted molar refractivity (Wildman–Crippen MR) is 91.7 cm³/mol. The van der Waals surface area contributed by atoms with E-state index in [1.54, 1.807) is 17.0 Å². The first-order valence-electron chi connectivity index (χ1n) is 7.49. The summed E-state index contributed by atoms with van der Waals surface area (Å²) in [6, 6.07) is 14.6. The summed E-state index contributed by atoms with van der Waals surface area (Å²) < 4.78 is 0. The Hall–Kier alpha value is -2.33. The highest BCUT2D eigenvalue weighted by Crippen LogP contribution is 2.30. The lowest BCUT2D eigenvalue weighted by Gasteiger charge is -2.23. The summed E-state index contributed by atoms with van der Waals surface area (Å²) in [7, 11) is 0. The first kappa shape index (κ1) is 15.6. The maximum Gasteiger partial charge on any atom is 0.231 e. The SMILES string of the molecule is CC1CN(C(=O)Cc2ccc(Cl)cc2)c2ccccc2NC1=O. The van der Waals surface area contributed by atoms with E-state index in [1.807, 2.05) is 43.3 Å². The molecule has 2 aromatic rings. The van der Waals surface area contributed by atoms with Crippen molar-refractivity contribution in [3.8, 4) is 0 Å². The summed E-state index contributed by atoms with van der Waals surface area (Å²) in [5.74, 6) is -0.376. The molecule has 23 heavy (non-hydrogen) atoms. The Morgan fingerprint density at radius 3 is 2.65 bits per heavy atom. The lowest BCUT2D eigenvalue weighted by atomic mass is 10.1. The molecule has 0 aliphatic carbocycles. The number of fused-ring (bicyclic) bond motifs is 1. The van der Waals surface area contributed by atoms with Crippen LogP contribution in [0, 0.1) is 5.92 Å². The molecule has 0 fully saturated rings. The number of carbonyl (C=O) groups excluding carboxylic acids is 2. The molecule has 0 saturated carbocycles. The van der Waals surface area contributed by atoms with Gasteiger partial charge in [-0.05, 0) is 29.8 Å². The van der Waals surface area contributed by atoms with Crippen molar-refractivity contribution in [1.29, 1.82) is 0 Å². The van der Waals surface area contributed by atoms with Gasteiger partial charge in [-0.25, -0.2) is 0 Å². The Balaban J connectivity index is 1.89. The van der Waals surface area contributed by atoms with Gasteiger partial charge in [0.1, 0.15) is 0 Å². The van der Waals surface area contributed by atoms with Gasteiger partial charge in [-0.3, -0.25) is 9.59 Å². The third-order valence-electron chi connectivity index (χ3n) is 3.93. The van der Waals surface area contributed by atoms with Crippen LogP contribution in [0.15, 0.2) is 48.5 Å². The van der Waals surface area contributed by atoms with E-state index in [1.165, 1.54) is 0 Å². The summed E-state index contributed by atoms with van der Waals surface area (Å²) in [4.78, 5) is 26.5. The standard InChI is InChI=1S/C18H17ClN2O2/c1-12-11-21(16-5-3-2-4-15(16)20-18(12)23)17(22)10-13-6-8-14(19)9-7-13/h2-9,12H,10-11H2,1H3,(H,20,23). The minimum absolute atomic E-state index is 0.0388. The fourth-order valence-electron chi connectivity index (χ4n) is 2.63. The zero-order valence-corrected chi connectivity index (χ0v) is 13.5. The van der Waals surface area contributed by atoms with Crippen molar-refractivity contribution >= 4 is 34.8 Å². The lowest BCUT2D eigenvalue weighted by Crippen LogP contribution is -2.36. The van der Waals surface area contributed by atoms with Crippen LogP contribution in [0.25, 0.3) is 0 Å². The number of halogens is 1. The predicted octanol–water partition coefficient (Wildman–Crippen LogP) is 3.50. The summed E-state index contributed by atoms with van der Waals surface area (Å²) in [5, 5.41) is 3.52. The maximum atomic E-state index is 12.8. The average molecular weight is 329 g/mol. The third-order valence-corrected chi connectivity index (χ3v) is 4.18. The Morgan fingerprint density at radius 1 is 1.22 bits per heavy atom. The quantitative estimate of drug-likeness (QED) is 0.917. The van der Waals surface area contributed by atoms with Crippen molar-refractivity contribution in [3.05, 3.63) is 59.1 Å². The maximum absolute atomic E-state index is 12.8. The topological polar surface area (TPSA) is 49.4 Å². The highest BCUT2D eigenvalue weighted by atomic mass is 35.5. The van der Waals surface area contributed by atoms with Gasteiger partial charge in [0.2, 0.25) is 11.8 Å². The number of rotatable bonds is 2. The molecule has 1 aliphatic rings. The minimum atomic E-state index is -0.267. The molecule has 0 spiro atoms. The van der Waals surface area contributed by atoms with E-state index >= 15 is 0 Å². The van der Waals surface area contributed by atoms with E-state index in [0.29, 0.717) is 17.3 Å². The Kier molecular flexibility index (Phi) is 4.35. The number of nitrogens with one attached hydrogen (secondary N) is 1. The van der Waals surface area contributed by atoms with Crippen LogP contribution in [-0.4, -0.2) is 18.4 Å². The molecule has 1 atom stereocenters. The van der Waals surface area contributed by atoms with Crippen molar-refractivity contribution < 1.29 is 9.59 Å². The molecule has 4 nitrogen and oxygen atoms in total. The average Bonchev–Trinajstić information content (AvgIpc) is 2.67. The van der Waals surface area contributed by atoms with E-state index in [2.05, 4.69) is 5.32 Å². The molecule has 0 radical (unpaired) electrons. The second kappa shape index (κ2) is 6.42.